The van der Waals surface area contributed by atoms with Crippen molar-refractivity contribution in [2.75, 3.05) is 12.5 Å². The van der Waals surface area contributed by atoms with E-state index in [0.29, 0.717) is 18.2 Å². The van der Waals surface area contributed by atoms with Gasteiger partial charge in [0.2, 0.25) is 0 Å². The smallest absolute Gasteiger partial charge is 0.307 e. The number of alkyl halides is 1. The number of hydrogen-bond donors (Lipinski definition) is 1. The lowest BCUT2D eigenvalue weighted by molar-refractivity contribution is -0.136. The van der Waals surface area contributed by atoms with E-state index in [1.807, 2.05) is 24.3 Å². The zero-order valence-electron chi connectivity index (χ0n) is 13.2. The molecule has 2 aromatic rings. The van der Waals surface area contributed by atoms with Crippen LogP contribution in [0.4, 0.5) is 0 Å². The minimum Gasteiger partial charge on any atom is -0.491 e. The van der Waals surface area contributed by atoms with Gasteiger partial charge in [-0.3, -0.25) is 4.79 Å². The topological polar surface area (TPSA) is 55.8 Å². The Balaban J connectivity index is 2.24. The predicted molar refractivity (Wildman–Crippen MR) is 136 cm³/mol. The van der Waals surface area contributed by atoms with Gasteiger partial charge in [-0.1, -0.05) is 0 Å². The van der Waals surface area contributed by atoms with Crippen molar-refractivity contribution in [1.29, 1.82) is 0 Å². The second-order valence-electron chi connectivity index (χ2n) is 5.17. The number of rotatable bonds is 8. The zero-order valence-corrected chi connectivity index (χ0v) is 22.6. The Morgan fingerprint density at radius 3 is 2.00 bits per heavy atom. The third-order valence-electron chi connectivity index (χ3n) is 3.13. The quantitative estimate of drug-likeness (QED) is 0.187. The van der Waals surface area contributed by atoms with E-state index in [1.54, 1.807) is 0 Å². The SMILES string of the molecule is O=C(O)Cc1cc(I)c(Oc2cc(I)c(OCCCCl)c(I)c2)c(I)c1. The summed E-state index contributed by atoms with van der Waals surface area (Å²) in [6.07, 6.45) is 0.793. The molecule has 0 saturated carbocycles. The molecule has 0 atom stereocenters. The van der Waals surface area contributed by atoms with Crippen LogP contribution >= 0.6 is 102 Å². The van der Waals surface area contributed by atoms with Crippen molar-refractivity contribution in [3.63, 3.8) is 0 Å². The molecular formula is C17H13ClI4O4. The summed E-state index contributed by atoms with van der Waals surface area (Å²) in [5.41, 5.74) is 0.755. The molecule has 9 heteroatoms. The van der Waals surface area contributed by atoms with Gasteiger partial charge < -0.3 is 14.6 Å². The molecule has 0 aromatic heterocycles. The molecule has 0 fully saturated rings. The highest BCUT2D eigenvalue weighted by molar-refractivity contribution is 14.1. The van der Waals surface area contributed by atoms with E-state index in [4.69, 9.17) is 26.2 Å². The van der Waals surface area contributed by atoms with Crippen LogP contribution in [0, 0.1) is 14.3 Å². The van der Waals surface area contributed by atoms with E-state index in [9.17, 15) is 4.79 Å². The molecule has 26 heavy (non-hydrogen) atoms. The van der Waals surface area contributed by atoms with Gasteiger partial charge in [0.1, 0.15) is 11.5 Å². The summed E-state index contributed by atoms with van der Waals surface area (Å²) in [5, 5.41) is 8.96. The number of carbonyl (C=O) groups is 1. The molecule has 0 heterocycles. The largest absolute Gasteiger partial charge is 0.491 e. The standard InChI is InChI=1S/C17H13ClI4O4/c18-2-1-3-25-16-13(21)7-10(8-14(16)22)26-17-11(19)4-9(5-12(17)20)6-15(23)24/h4-5,7-8H,1-3,6H2,(H,23,24). The Bertz CT molecular complexity index is 767. The number of carboxylic acid groups (broad SMARTS) is 1. The van der Waals surface area contributed by atoms with Crippen molar-refractivity contribution < 1.29 is 19.4 Å². The molecule has 0 amide bonds. The van der Waals surface area contributed by atoms with E-state index in [0.717, 1.165) is 37.8 Å². The molecule has 0 aliphatic rings. The fourth-order valence-electron chi connectivity index (χ4n) is 2.07. The number of aliphatic carboxylic acids is 1. The monoisotopic (exact) mass is 824 g/mol. The van der Waals surface area contributed by atoms with Crippen LogP contribution in [0.1, 0.15) is 12.0 Å². The minimum absolute atomic E-state index is 0.00355. The molecule has 0 aliphatic heterocycles. The van der Waals surface area contributed by atoms with Gasteiger partial charge in [0.25, 0.3) is 0 Å². The van der Waals surface area contributed by atoms with Gasteiger partial charge in [0.15, 0.2) is 5.75 Å². The molecule has 4 nitrogen and oxygen atoms in total. The van der Waals surface area contributed by atoms with Gasteiger partial charge in [0, 0.05) is 5.88 Å². The van der Waals surface area contributed by atoms with Gasteiger partial charge in [0.05, 0.1) is 27.3 Å². The summed E-state index contributed by atoms with van der Waals surface area (Å²) in [6.45, 7) is 0.580. The van der Waals surface area contributed by atoms with Crippen LogP contribution in [-0.4, -0.2) is 23.6 Å². The second-order valence-corrected chi connectivity index (χ2v) is 10.2. The molecule has 1 N–H and O–H groups in total. The average Bonchev–Trinajstić information content (AvgIpc) is 2.53. The molecule has 0 saturated heterocycles. The van der Waals surface area contributed by atoms with Gasteiger partial charge in [-0.25, -0.2) is 0 Å². The highest BCUT2D eigenvalue weighted by atomic mass is 127. The summed E-state index contributed by atoms with van der Waals surface area (Å²) >= 11 is 14.5. The summed E-state index contributed by atoms with van der Waals surface area (Å²) in [5.74, 6) is 2.00. The van der Waals surface area contributed by atoms with Crippen LogP contribution in [0.5, 0.6) is 17.2 Å². The lowest BCUT2D eigenvalue weighted by Crippen LogP contribution is -2.03. The fourth-order valence-corrected chi connectivity index (χ4v) is 6.32. The van der Waals surface area contributed by atoms with E-state index < -0.39 is 5.97 Å². The van der Waals surface area contributed by atoms with Crippen molar-refractivity contribution in [2.45, 2.75) is 12.8 Å². The van der Waals surface area contributed by atoms with Crippen LogP contribution < -0.4 is 9.47 Å². The molecule has 0 spiro atoms. The molecule has 0 radical (unpaired) electrons. The van der Waals surface area contributed by atoms with E-state index in [1.165, 1.54) is 0 Å². The number of ether oxygens (including phenoxy) is 2. The zero-order chi connectivity index (χ0) is 19.3. The van der Waals surface area contributed by atoms with Crippen molar-refractivity contribution in [3.8, 4) is 17.2 Å². The van der Waals surface area contributed by atoms with Gasteiger partial charge in [-0.2, -0.15) is 0 Å². The molecule has 0 bridgehead atoms. The highest BCUT2D eigenvalue weighted by Crippen LogP contribution is 2.37. The maximum atomic E-state index is 10.9. The van der Waals surface area contributed by atoms with Crippen molar-refractivity contribution in [3.05, 3.63) is 44.1 Å². The first-order chi connectivity index (χ1) is 12.3. The Labute approximate surface area is 211 Å². The Morgan fingerprint density at radius 1 is 0.962 bits per heavy atom. The van der Waals surface area contributed by atoms with Gasteiger partial charge in [-0.05, 0) is 127 Å². The van der Waals surface area contributed by atoms with Crippen LogP contribution in [0.25, 0.3) is 0 Å². The molecule has 140 valence electrons. The van der Waals surface area contributed by atoms with E-state index in [-0.39, 0.29) is 6.42 Å². The van der Waals surface area contributed by atoms with Crippen LogP contribution in [-0.2, 0) is 11.2 Å². The summed E-state index contributed by atoms with van der Waals surface area (Å²) < 4.78 is 15.6. The van der Waals surface area contributed by atoms with Gasteiger partial charge in [-0.15, -0.1) is 11.6 Å². The number of carboxylic acids is 1. The van der Waals surface area contributed by atoms with Gasteiger partial charge >= 0.3 is 5.97 Å². The molecule has 0 aliphatic carbocycles. The van der Waals surface area contributed by atoms with Crippen molar-refractivity contribution >= 4 is 108 Å². The average molecular weight is 824 g/mol. The minimum atomic E-state index is -0.848. The Morgan fingerprint density at radius 2 is 1.50 bits per heavy atom. The number of halogens is 5. The Hall–Kier alpha value is 0.720. The normalized spacial score (nSPS) is 10.7. The van der Waals surface area contributed by atoms with E-state index in [2.05, 4.69) is 90.4 Å². The highest BCUT2D eigenvalue weighted by Gasteiger charge is 2.15. The first-order valence-electron chi connectivity index (χ1n) is 7.37. The third kappa shape index (κ3) is 6.65. The first-order valence-corrected chi connectivity index (χ1v) is 12.2. The maximum absolute atomic E-state index is 10.9. The molecular weight excluding hydrogens is 811 g/mol. The lowest BCUT2D eigenvalue weighted by Gasteiger charge is -2.15. The van der Waals surface area contributed by atoms with Crippen molar-refractivity contribution in [1.82, 2.24) is 0 Å². The Kier molecular flexibility index (Phi) is 9.77. The fraction of sp³-hybridized carbons (Fsp3) is 0.235. The van der Waals surface area contributed by atoms with E-state index >= 15 is 0 Å². The molecule has 0 unspecified atom stereocenters. The molecule has 2 rings (SSSR count). The van der Waals surface area contributed by atoms with Crippen molar-refractivity contribution in [2.24, 2.45) is 0 Å². The third-order valence-corrected chi connectivity index (χ3v) is 6.60. The van der Waals surface area contributed by atoms with Crippen LogP contribution in [0.3, 0.4) is 0 Å². The first kappa shape index (κ1) is 23.0. The maximum Gasteiger partial charge on any atom is 0.307 e. The molecule has 2 aromatic carbocycles. The summed E-state index contributed by atoms with van der Waals surface area (Å²) in [7, 11) is 0. The summed E-state index contributed by atoms with van der Waals surface area (Å²) in [4.78, 5) is 10.9. The van der Waals surface area contributed by atoms with Crippen LogP contribution in [0.15, 0.2) is 24.3 Å². The lowest BCUT2D eigenvalue weighted by atomic mass is 10.1. The number of benzene rings is 2. The predicted octanol–water partition coefficient (Wildman–Crippen LogP) is 6.53. The second kappa shape index (κ2) is 11.0. The van der Waals surface area contributed by atoms with Crippen LogP contribution in [0.2, 0.25) is 0 Å². The summed E-state index contributed by atoms with van der Waals surface area (Å²) in [6, 6.07) is 7.53. The number of hydrogen-bond acceptors (Lipinski definition) is 3.